The fourth-order valence-electron chi connectivity index (χ4n) is 1.60. The number of carbonyl (C=O) groups is 2. The molecule has 0 spiro atoms. The molecule has 6 heteroatoms. The molecule has 0 saturated carbocycles. The Labute approximate surface area is 118 Å². The number of hydrogen-bond donors (Lipinski definition) is 1. The van der Waals surface area contributed by atoms with Crippen molar-refractivity contribution in [1.82, 2.24) is 4.98 Å². The number of nitrogens with two attached hydrogens (primary N) is 1. The molecule has 0 unspecified atom stereocenters. The summed E-state index contributed by atoms with van der Waals surface area (Å²) in [7, 11) is 1.23. The van der Waals surface area contributed by atoms with Crippen LogP contribution in [0.25, 0.3) is 0 Å². The quantitative estimate of drug-likeness (QED) is 0.661. The highest BCUT2D eigenvalue weighted by Gasteiger charge is 2.32. The second kappa shape index (κ2) is 6.36. The molecule has 0 aliphatic carbocycles. The molecule has 0 radical (unpaired) electrons. The number of aromatic nitrogens is 1. The van der Waals surface area contributed by atoms with Gasteiger partial charge in [0.25, 0.3) is 0 Å². The Kier molecular flexibility index (Phi) is 5.07. The van der Waals surface area contributed by atoms with Crippen LogP contribution in [0.15, 0.2) is 18.2 Å². The highest BCUT2D eigenvalue weighted by Crippen LogP contribution is 2.16. The molecule has 6 nitrogen and oxygen atoms in total. The van der Waals surface area contributed by atoms with Gasteiger partial charge in [-0.2, -0.15) is 0 Å². The topological polar surface area (TPSA) is 91.5 Å². The average Bonchev–Trinajstić information content (AvgIpc) is 2.33. The van der Waals surface area contributed by atoms with Gasteiger partial charge in [-0.3, -0.25) is 9.59 Å². The molecular weight excluding hydrogens is 260 g/mol. The van der Waals surface area contributed by atoms with Crippen LogP contribution in [0.2, 0.25) is 0 Å². The maximum Gasteiger partial charge on any atom is 0.321 e. The van der Waals surface area contributed by atoms with Crippen molar-refractivity contribution >= 4 is 17.8 Å². The standard InChI is InChI=1S/C14H20N2O4/c1-14(2,3)20-13(18)10(12(17)19-4)8-9-6-5-7-11(15)16-9/h5-7,10H,8H2,1-4H3,(H2,15,16)/t10-/m0/s1. The minimum Gasteiger partial charge on any atom is -0.468 e. The maximum atomic E-state index is 12.1. The first-order chi connectivity index (χ1) is 9.23. The molecular formula is C14H20N2O4. The van der Waals surface area contributed by atoms with Crippen LogP contribution in [-0.2, 0) is 25.5 Å². The van der Waals surface area contributed by atoms with Crippen LogP contribution >= 0.6 is 0 Å². The Bertz CT molecular complexity index is 494. The normalized spacial score (nSPS) is 12.6. The van der Waals surface area contributed by atoms with Gasteiger partial charge < -0.3 is 15.2 Å². The van der Waals surface area contributed by atoms with Gasteiger partial charge in [-0.25, -0.2) is 4.98 Å². The van der Waals surface area contributed by atoms with Crippen molar-refractivity contribution in [3.05, 3.63) is 23.9 Å². The molecule has 110 valence electrons. The number of methoxy groups -OCH3 is 1. The minimum atomic E-state index is -1.05. The predicted octanol–water partition coefficient (Wildman–Crippen LogP) is 1.34. The van der Waals surface area contributed by atoms with Gasteiger partial charge in [0, 0.05) is 12.1 Å². The van der Waals surface area contributed by atoms with E-state index in [1.54, 1.807) is 39.0 Å². The van der Waals surface area contributed by atoms with E-state index in [1.807, 2.05) is 0 Å². The van der Waals surface area contributed by atoms with Crippen molar-refractivity contribution in [2.24, 2.45) is 5.92 Å². The van der Waals surface area contributed by atoms with Crippen LogP contribution in [0, 0.1) is 5.92 Å². The number of nitrogens with zero attached hydrogens (tertiary/aromatic N) is 1. The maximum absolute atomic E-state index is 12.1. The molecule has 0 aromatic carbocycles. The van der Waals surface area contributed by atoms with Gasteiger partial charge in [-0.05, 0) is 32.9 Å². The van der Waals surface area contributed by atoms with E-state index < -0.39 is 23.5 Å². The zero-order valence-corrected chi connectivity index (χ0v) is 12.2. The lowest BCUT2D eigenvalue weighted by atomic mass is 10.0. The van der Waals surface area contributed by atoms with Gasteiger partial charge in [-0.1, -0.05) is 6.07 Å². The van der Waals surface area contributed by atoms with Crippen LogP contribution in [0.3, 0.4) is 0 Å². The van der Waals surface area contributed by atoms with E-state index >= 15 is 0 Å². The number of esters is 2. The molecule has 1 heterocycles. The van der Waals surface area contributed by atoms with Crippen LogP contribution in [0.4, 0.5) is 5.82 Å². The number of pyridine rings is 1. The van der Waals surface area contributed by atoms with Crippen LogP contribution in [0.1, 0.15) is 26.5 Å². The predicted molar refractivity (Wildman–Crippen MR) is 73.7 cm³/mol. The largest absolute Gasteiger partial charge is 0.468 e. The average molecular weight is 280 g/mol. The van der Waals surface area contributed by atoms with Gasteiger partial charge in [-0.15, -0.1) is 0 Å². The summed E-state index contributed by atoms with van der Waals surface area (Å²) in [4.78, 5) is 27.9. The second-order valence-corrected chi connectivity index (χ2v) is 5.37. The van der Waals surface area contributed by atoms with Crippen LogP contribution in [0.5, 0.6) is 0 Å². The van der Waals surface area contributed by atoms with E-state index in [0.29, 0.717) is 11.5 Å². The number of carbonyl (C=O) groups excluding carboxylic acids is 2. The molecule has 1 atom stereocenters. The van der Waals surface area contributed by atoms with Gasteiger partial charge in [0.05, 0.1) is 7.11 Å². The lowest BCUT2D eigenvalue weighted by Gasteiger charge is -2.22. The van der Waals surface area contributed by atoms with E-state index in [-0.39, 0.29) is 6.42 Å². The first-order valence-corrected chi connectivity index (χ1v) is 6.25. The Morgan fingerprint density at radius 2 is 1.95 bits per heavy atom. The molecule has 0 saturated heterocycles. The molecule has 20 heavy (non-hydrogen) atoms. The smallest absolute Gasteiger partial charge is 0.321 e. The Balaban J connectivity index is 2.90. The lowest BCUT2D eigenvalue weighted by molar-refractivity contribution is -0.168. The monoisotopic (exact) mass is 280 g/mol. The molecule has 1 rings (SSSR count). The third kappa shape index (κ3) is 4.87. The first-order valence-electron chi connectivity index (χ1n) is 6.25. The zero-order chi connectivity index (χ0) is 15.3. The van der Waals surface area contributed by atoms with E-state index in [4.69, 9.17) is 10.5 Å². The van der Waals surface area contributed by atoms with Crippen molar-refractivity contribution < 1.29 is 19.1 Å². The van der Waals surface area contributed by atoms with Gasteiger partial charge in [0.15, 0.2) is 5.92 Å². The summed E-state index contributed by atoms with van der Waals surface area (Å²) in [5.74, 6) is -2.00. The summed E-state index contributed by atoms with van der Waals surface area (Å²) >= 11 is 0. The first kappa shape index (κ1) is 15.9. The van der Waals surface area contributed by atoms with Gasteiger partial charge in [0.2, 0.25) is 0 Å². The summed E-state index contributed by atoms with van der Waals surface area (Å²) in [5.41, 5.74) is 5.44. The highest BCUT2D eigenvalue weighted by atomic mass is 16.6. The highest BCUT2D eigenvalue weighted by molar-refractivity contribution is 5.95. The van der Waals surface area contributed by atoms with E-state index in [0.717, 1.165) is 0 Å². The van der Waals surface area contributed by atoms with Gasteiger partial charge >= 0.3 is 11.9 Å². The second-order valence-electron chi connectivity index (χ2n) is 5.37. The fourth-order valence-corrected chi connectivity index (χ4v) is 1.60. The molecule has 1 aromatic heterocycles. The third-order valence-electron chi connectivity index (χ3n) is 2.42. The molecule has 0 aliphatic heterocycles. The molecule has 0 fully saturated rings. The van der Waals surface area contributed by atoms with Crippen LogP contribution < -0.4 is 5.73 Å². The fraction of sp³-hybridized carbons (Fsp3) is 0.500. The molecule has 0 bridgehead atoms. The lowest BCUT2D eigenvalue weighted by Crippen LogP contribution is -2.34. The Hall–Kier alpha value is -2.11. The number of rotatable bonds is 4. The SMILES string of the molecule is COC(=O)[C@H](Cc1cccc(N)n1)C(=O)OC(C)(C)C. The van der Waals surface area contributed by atoms with Gasteiger partial charge in [0.1, 0.15) is 11.4 Å². The molecule has 0 amide bonds. The van der Waals surface area contributed by atoms with E-state index in [1.165, 1.54) is 7.11 Å². The Morgan fingerprint density at radius 1 is 1.30 bits per heavy atom. The third-order valence-corrected chi connectivity index (χ3v) is 2.42. The minimum absolute atomic E-state index is 0.0899. The van der Waals surface area contributed by atoms with Crippen molar-refractivity contribution in [2.45, 2.75) is 32.8 Å². The van der Waals surface area contributed by atoms with E-state index in [2.05, 4.69) is 9.72 Å². The summed E-state index contributed by atoms with van der Waals surface area (Å²) in [6.45, 7) is 5.20. The summed E-state index contributed by atoms with van der Waals surface area (Å²) < 4.78 is 9.88. The summed E-state index contributed by atoms with van der Waals surface area (Å²) in [5, 5.41) is 0. The number of anilines is 1. The van der Waals surface area contributed by atoms with Crippen molar-refractivity contribution in [3.8, 4) is 0 Å². The van der Waals surface area contributed by atoms with Crippen molar-refractivity contribution in [3.63, 3.8) is 0 Å². The zero-order valence-electron chi connectivity index (χ0n) is 12.2. The number of ether oxygens (including phenoxy) is 2. The molecule has 1 aromatic rings. The number of hydrogen-bond acceptors (Lipinski definition) is 6. The molecule has 0 aliphatic rings. The Morgan fingerprint density at radius 3 is 2.45 bits per heavy atom. The van der Waals surface area contributed by atoms with Crippen molar-refractivity contribution in [1.29, 1.82) is 0 Å². The van der Waals surface area contributed by atoms with Crippen molar-refractivity contribution in [2.75, 3.05) is 12.8 Å². The van der Waals surface area contributed by atoms with Crippen LogP contribution in [-0.4, -0.2) is 29.6 Å². The van der Waals surface area contributed by atoms with E-state index in [9.17, 15) is 9.59 Å². The molecule has 2 N–H and O–H groups in total. The summed E-state index contributed by atoms with van der Waals surface area (Å²) in [6.07, 6.45) is 0.0899. The summed E-state index contributed by atoms with van der Waals surface area (Å²) in [6, 6.07) is 5.03. The number of nitrogen functional groups attached to an aromatic ring is 1.